The van der Waals surface area contributed by atoms with Crippen LogP contribution in [0.25, 0.3) is 10.8 Å². The predicted octanol–water partition coefficient (Wildman–Crippen LogP) is 3.66. The number of aromatic nitrogens is 1. The van der Waals surface area contributed by atoms with E-state index in [1.54, 1.807) is 0 Å². The Hall–Kier alpha value is -2.78. The number of esters is 1. The van der Waals surface area contributed by atoms with Crippen molar-refractivity contribution in [2.75, 3.05) is 23.8 Å². The summed E-state index contributed by atoms with van der Waals surface area (Å²) in [5, 5.41) is 2.90. The van der Waals surface area contributed by atoms with Gasteiger partial charge in [-0.2, -0.15) is 0 Å². The van der Waals surface area contributed by atoms with Gasteiger partial charge in [-0.25, -0.2) is 13.2 Å². The number of fused-ring (bicyclic) bond motifs is 2. The van der Waals surface area contributed by atoms with Crippen LogP contribution < -0.4 is 10.3 Å². The number of hydrogen-bond acceptors (Lipinski definition) is 6. The van der Waals surface area contributed by atoms with E-state index in [-0.39, 0.29) is 11.6 Å². The van der Waals surface area contributed by atoms with Crippen molar-refractivity contribution in [1.82, 2.24) is 4.57 Å². The molecule has 1 aromatic heterocycles. The fraction of sp³-hybridized carbons (Fsp3) is 0.333. The molecule has 2 aliphatic rings. The maximum Gasteiger partial charge on any atom is 0.329 e. The van der Waals surface area contributed by atoms with Crippen LogP contribution in [0.1, 0.15) is 41.5 Å². The molecule has 9 heteroatoms. The molecule has 0 amide bonds. The molecule has 1 saturated carbocycles. The maximum atomic E-state index is 13.7. The Bertz CT molecular complexity index is 1440. The average molecular weight is 485 g/mol. The van der Waals surface area contributed by atoms with E-state index in [1.807, 2.05) is 42.5 Å². The highest BCUT2D eigenvalue weighted by molar-refractivity contribution is 7.99. The number of sulfonamides is 1. The van der Waals surface area contributed by atoms with Gasteiger partial charge in [-0.3, -0.25) is 14.1 Å². The van der Waals surface area contributed by atoms with Crippen molar-refractivity contribution >= 4 is 44.2 Å². The minimum absolute atomic E-state index is 0.0347. The van der Waals surface area contributed by atoms with Gasteiger partial charge in [0, 0.05) is 12.2 Å². The first-order chi connectivity index (χ1) is 15.8. The zero-order valence-electron chi connectivity index (χ0n) is 18.3. The lowest BCUT2D eigenvalue weighted by atomic mass is 9.93. The van der Waals surface area contributed by atoms with Crippen LogP contribution in [0.2, 0.25) is 0 Å². The summed E-state index contributed by atoms with van der Waals surface area (Å²) in [6.07, 6.45) is 3.39. The molecule has 2 heterocycles. The molecule has 1 aliphatic heterocycles. The predicted molar refractivity (Wildman–Crippen MR) is 130 cm³/mol. The third kappa shape index (κ3) is 4.04. The van der Waals surface area contributed by atoms with Crippen LogP contribution in [-0.4, -0.2) is 38.1 Å². The Balaban J connectivity index is 1.77. The summed E-state index contributed by atoms with van der Waals surface area (Å²) < 4.78 is 33.4. The summed E-state index contributed by atoms with van der Waals surface area (Å²) in [7, 11) is -2.43. The van der Waals surface area contributed by atoms with Crippen molar-refractivity contribution in [2.24, 2.45) is 0 Å². The summed E-state index contributed by atoms with van der Waals surface area (Å²) in [6.45, 7) is 0. The Morgan fingerprint density at radius 3 is 2.61 bits per heavy atom. The number of thioether (sulfide) groups is 1. The Labute approximate surface area is 196 Å². The topological polar surface area (TPSA) is 94.5 Å². The fourth-order valence-corrected chi connectivity index (χ4v) is 6.59. The summed E-state index contributed by atoms with van der Waals surface area (Å²) in [4.78, 5) is 26.1. The first kappa shape index (κ1) is 22.0. The lowest BCUT2D eigenvalue weighted by molar-refractivity contribution is -0.143. The van der Waals surface area contributed by atoms with Crippen LogP contribution in [0.3, 0.4) is 0 Å². The fourth-order valence-electron chi connectivity index (χ4n) is 4.61. The third-order valence-electron chi connectivity index (χ3n) is 6.19. The normalized spacial score (nSPS) is 17.7. The molecular weight excluding hydrogens is 460 g/mol. The number of rotatable bonds is 6. The number of ether oxygens (including phenoxy) is 1. The first-order valence-corrected chi connectivity index (χ1v) is 13.6. The van der Waals surface area contributed by atoms with Crippen LogP contribution in [0.15, 0.2) is 52.3 Å². The minimum Gasteiger partial charge on any atom is -0.467 e. The smallest absolute Gasteiger partial charge is 0.329 e. The molecule has 1 atom stereocenters. The number of methoxy groups -OCH3 is 1. The van der Waals surface area contributed by atoms with E-state index in [4.69, 9.17) is 4.74 Å². The highest BCUT2D eigenvalue weighted by Crippen LogP contribution is 2.50. The Morgan fingerprint density at radius 1 is 1.18 bits per heavy atom. The van der Waals surface area contributed by atoms with Gasteiger partial charge in [-0.15, -0.1) is 11.8 Å². The van der Waals surface area contributed by atoms with Crippen molar-refractivity contribution in [3.05, 3.63) is 69.5 Å². The summed E-state index contributed by atoms with van der Waals surface area (Å²) in [5.41, 5.74) is 2.23. The number of carbonyl (C=O) groups is 1. The molecule has 5 rings (SSSR count). The molecule has 2 aromatic carbocycles. The molecule has 0 unspecified atom stereocenters. The van der Waals surface area contributed by atoms with E-state index in [9.17, 15) is 18.0 Å². The van der Waals surface area contributed by atoms with Gasteiger partial charge in [-0.05, 0) is 46.2 Å². The molecule has 0 bridgehead atoms. The van der Waals surface area contributed by atoms with Crippen LogP contribution in [-0.2, 0) is 26.0 Å². The second-order valence-electron chi connectivity index (χ2n) is 8.56. The Morgan fingerprint density at radius 2 is 1.91 bits per heavy atom. The van der Waals surface area contributed by atoms with Gasteiger partial charge < -0.3 is 4.74 Å². The lowest BCUT2D eigenvalue weighted by Gasteiger charge is -2.21. The van der Waals surface area contributed by atoms with E-state index in [2.05, 4.69) is 4.72 Å². The number of carbonyl (C=O) groups excluding carboxylic acids is 1. The molecule has 1 N–H and O–H groups in total. The van der Waals surface area contributed by atoms with E-state index in [0.29, 0.717) is 17.7 Å². The molecule has 1 aliphatic carbocycles. The van der Waals surface area contributed by atoms with Crippen molar-refractivity contribution in [3.8, 4) is 0 Å². The molecule has 0 saturated heterocycles. The van der Waals surface area contributed by atoms with E-state index >= 15 is 0 Å². The van der Waals surface area contributed by atoms with Gasteiger partial charge in [0.25, 0.3) is 5.56 Å². The summed E-state index contributed by atoms with van der Waals surface area (Å²) >= 11 is 1.47. The number of nitrogens with zero attached hydrogens (tertiary/aromatic N) is 1. The highest BCUT2D eigenvalue weighted by Gasteiger charge is 2.40. The van der Waals surface area contributed by atoms with Crippen molar-refractivity contribution in [1.29, 1.82) is 0 Å². The highest BCUT2D eigenvalue weighted by atomic mass is 32.2. The SMILES string of the molecule is COC(=O)[C@@H]1CSc2c(C3CC3)c(Cc3cccc4ccccc34)c(NS(C)(=O)=O)c(=O)n21. The Kier molecular flexibility index (Phi) is 5.49. The minimum atomic E-state index is -3.73. The van der Waals surface area contributed by atoms with E-state index in [1.165, 1.54) is 23.4 Å². The molecule has 3 aromatic rings. The third-order valence-corrected chi connectivity index (χ3v) is 7.94. The molecule has 1 fully saturated rings. The summed E-state index contributed by atoms with van der Waals surface area (Å²) in [5.74, 6) is 0.121. The quantitative estimate of drug-likeness (QED) is 0.537. The zero-order valence-corrected chi connectivity index (χ0v) is 20.0. The van der Waals surface area contributed by atoms with Gasteiger partial charge in [0.15, 0.2) is 0 Å². The number of hydrogen-bond donors (Lipinski definition) is 1. The average Bonchev–Trinajstić information content (AvgIpc) is 3.53. The standard InChI is InChI=1S/C24H24N2O5S2/c1-31-24(28)19-13-32-23-20(15-10-11-15)18(21(22(27)26(19)23)25-33(2,29)30)12-16-8-5-7-14-6-3-4-9-17(14)16/h3-9,15,19,25H,10-13H2,1-2H3/t19-/m0/s1. The van der Waals surface area contributed by atoms with Gasteiger partial charge in [0.2, 0.25) is 10.0 Å². The van der Waals surface area contributed by atoms with E-state index in [0.717, 1.165) is 46.0 Å². The lowest BCUT2D eigenvalue weighted by Crippen LogP contribution is -2.34. The van der Waals surface area contributed by atoms with Crippen LogP contribution >= 0.6 is 11.8 Å². The van der Waals surface area contributed by atoms with Crippen LogP contribution in [0, 0.1) is 0 Å². The number of anilines is 1. The van der Waals surface area contributed by atoms with Gasteiger partial charge in [0.05, 0.1) is 18.4 Å². The first-order valence-electron chi connectivity index (χ1n) is 10.7. The van der Waals surface area contributed by atoms with Crippen molar-refractivity contribution in [2.45, 2.75) is 36.2 Å². The zero-order chi connectivity index (χ0) is 23.3. The second kappa shape index (κ2) is 8.22. The van der Waals surface area contributed by atoms with Crippen LogP contribution in [0.5, 0.6) is 0 Å². The number of nitrogens with one attached hydrogen (secondary N) is 1. The molecular formula is C24H24N2O5S2. The molecule has 33 heavy (non-hydrogen) atoms. The molecule has 0 spiro atoms. The van der Waals surface area contributed by atoms with Crippen molar-refractivity contribution in [3.63, 3.8) is 0 Å². The van der Waals surface area contributed by atoms with Crippen LogP contribution in [0.4, 0.5) is 5.69 Å². The molecule has 0 radical (unpaired) electrons. The van der Waals surface area contributed by atoms with Crippen molar-refractivity contribution < 1.29 is 17.9 Å². The number of pyridine rings is 1. The van der Waals surface area contributed by atoms with Gasteiger partial charge in [0.1, 0.15) is 11.7 Å². The monoisotopic (exact) mass is 484 g/mol. The maximum absolute atomic E-state index is 13.7. The molecule has 7 nitrogen and oxygen atoms in total. The second-order valence-corrected chi connectivity index (χ2v) is 11.3. The largest absolute Gasteiger partial charge is 0.467 e. The van der Waals surface area contributed by atoms with E-state index < -0.39 is 27.6 Å². The molecule has 172 valence electrons. The van der Waals surface area contributed by atoms with Gasteiger partial charge in [-0.1, -0.05) is 42.5 Å². The number of benzene rings is 2. The van der Waals surface area contributed by atoms with Gasteiger partial charge >= 0.3 is 5.97 Å². The summed E-state index contributed by atoms with van der Waals surface area (Å²) in [6, 6.07) is 13.3.